The third-order valence-corrected chi connectivity index (χ3v) is 3.59. The minimum absolute atomic E-state index is 0.126. The zero-order valence-electron chi connectivity index (χ0n) is 10.8. The van der Waals surface area contributed by atoms with Crippen molar-refractivity contribution in [3.05, 3.63) is 58.3 Å². The van der Waals surface area contributed by atoms with Crippen LogP contribution >= 0.6 is 15.9 Å². The van der Waals surface area contributed by atoms with Gasteiger partial charge in [-0.25, -0.2) is 4.39 Å². The van der Waals surface area contributed by atoms with Crippen molar-refractivity contribution in [3.8, 4) is 11.5 Å². The highest BCUT2D eigenvalue weighted by Gasteiger charge is 2.16. The Morgan fingerprint density at radius 3 is 2.47 bits per heavy atom. The van der Waals surface area contributed by atoms with Crippen LogP contribution in [0.25, 0.3) is 0 Å². The monoisotopic (exact) mass is 323 g/mol. The average Bonchev–Trinajstić information content (AvgIpc) is 2.41. The highest BCUT2D eigenvalue weighted by molar-refractivity contribution is 9.10. The minimum atomic E-state index is -0.272. The SMILES string of the molecule is CNC(C)c1c(F)cccc1Oc1ccccc1Br. The minimum Gasteiger partial charge on any atom is -0.456 e. The summed E-state index contributed by atoms with van der Waals surface area (Å²) in [5.74, 6) is 0.915. The highest BCUT2D eigenvalue weighted by atomic mass is 79.9. The van der Waals surface area contributed by atoms with Crippen LogP contribution in [-0.4, -0.2) is 7.05 Å². The molecule has 0 aliphatic rings. The van der Waals surface area contributed by atoms with Gasteiger partial charge in [0.1, 0.15) is 17.3 Å². The van der Waals surface area contributed by atoms with Crippen LogP contribution < -0.4 is 10.1 Å². The molecule has 19 heavy (non-hydrogen) atoms. The number of ether oxygens (including phenoxy) is 1. The molecule has 1 N–H and O–H groups in total. The molecule has 2 rings (SSSR count). The van der Waals surface area contributed by atoms with Crippen molar-refractivity contribution in [1.82, 2.24) is 5.32 Å². The van der Waals surface area contributed by atoms with E-state index in [1.807, 2.05) is 31.2 Å². The zero-order chi connectivity index (χ0) is 13.8. The van der Waals surface area contributed by atoms with Gasteiger partial charge < -0.3 is 10.1 Å². The van der Waals surface area contributed by atoms with Crippen molar-refractivity contribution >= 4 is 15.9 Å². The summed E-state index contributed by atoms with van der Waals surface area (Å²) in [4.78, 5) is 0. The van der Waals surface area contributed by atoms with Gasteiger partial charge in [0.2, 0.25) is 0 Å². The van der Waals surface area contributed by atoms with Gasteiger partial charge in [-0.2, -0.15) is 0 Å². The molecule has 1 atom stereocenters. The first kappa shape index (κ1) is 14.0. The van der Waals surface area contributed by atoms with Crippen LogP contribution in [0.5, 0.6) is 11.5 Å². The number of hydrogen-bond acceptors (Lipinski definition) is 2. The van der Waals surface area contributed by atoms with Gasteiger partial charge in [-0.15, -0.1) is 0 Å². The van der Waals surface area contributed by atoms with Gasteiger partial charge in [0.15, 0.2) is 0 Å². The van der Waals surface area contributed by atoms with E-state index < -0.39 is 0 Å². The van der Waals surface area contributed by atoms with Crippen LogP contribution in [0.4, 0.5) is 4.39 Å². The van der Waals surface area contributed by atoms with Crippen molar-refractivity contribution in [2.45, 2.75) is 13.0 Å². The van der Waals surface area contributed by atoms with E-state index >= 15 is 0 Å². The molecule has 2 aromatic rings. The second-order valence-corrected chi connectivity index (χ2v) is 5.05. The largest absolute Gasteiger partial charge is 0.456 e. The van der Waals surface area contributed by atoms with E-state index in [2.05, 4.69) is 21.2 Å². The average molecular weight is 324 g/mol. The molecule has 0 aliphatic carbocycles. The Kier molecular flexibility index (Phi) is 4.56. The molecule has 2 nitrogen and oxygen atoms in total. The molecule has 0 heterocycles. The van der Waals surface area contributed by atoms with Gasteiger partial charge in [-0.05, 0) is 54.2 Å². The molecule has 0 saturated carbocycles. The summed E-state index contributed by atoms with van der Waals surface area (Å²) in [5.41, 5.74) is 0.528. The van der Waals surface area contributed by atoms with E-state index in [-0.39, 0.29) is 11.9 Å². The van der Waals surface area contributed by atoms with Crippen LogP contribution in [0.3, 0.4) is 0 Å². The molecule has 0 radical (unpaired) electrons. The Hall–Kier alpha value is -1.39. The zero-order valence-corrected chi connectivity index (χ0v) is 12.4. The maximum atomic E-state index is 14.0. The van der Waals surface area contributed by atoms with E-state index in [9.17, 15) is 4.39 Å². The summed E-state index contributed by atoms with van der Waals surface area (Å²) in [7, 11) is 1.79. The summed E-state index contributed by atoms with van der Waals surface area (Å²) < 4.78 is 20.6. The lowest BCUT2D eigenvalue weighted by Gasteiger charge is -2.17. The number of nitrogens with one attached hydrogen (secondary N) is 1. The van der Waals surface area contributed by atoms with E-state index in [0.717, 1.165) is 4.47 Å². The topological polar surface area (TPSA) is 21.3 Å². The maximum Gasteiger partial charge on any atom is 0.141 e. The fraction of sp³-hybridized carbons (Fsp3) is 0.200. The summed E-state index contributed by atoms with van der Waals surface area (Å²) in [6.07, 6.45) is 0. The Morgan fingerprint density at radius 1 is 1.11 bits per heavy atom. The molecule has 0 bridgehead atoms. The first-order valence-electron chi connectivity index (χ1n) is 6.01. The molecule has 0 amide bonds. The molecule has 100 valence electrons. The van der Waals surface area contributed by atoms with E-state index in [0.29, 0.717) is 17.1 Å². The molecule has 4 heteroatoms. The number of halogens is 2. The Labute approximate surface area is 120 Å². The number of benzene rings is 2. The van der Waals surface area contributed by atoms with Crippen molar-refractivity contribution in [2.24, 2.45) is 0 Å². The van der Waals surface area contributed by atoms with Crippen molar-refractivity contribution < 1.29 is 9.13 Å². The van der Waals surface area contributed by atoms with E-state index in [1.54, 1.807) is 19.2 Å². The third kappa shape index (κ3) is 3.14. The van der Waals surface area contributed by atoms with Gasteiger partial charge in [-0.1, -0.05) is 18.2 Å². The Balaban J connectivity index is 2.40. The molecule has 0 fully saturated rings. The van der Waals surface area contributed by atoms with Gasteiger partial charge >= 0.3 is 0 Å². The fourth-order valence-electron chi connectivity index (χ4n) is 1.82. The predicted octanol–water partition coefficient (Wildman–Crippen LogP) is 4.66. The summed E-state index contributed by atoms with van der Waals surface area (Å²) in [6.45, 7) is 1.89. The van der Waals surface area contributed by atoms with Crippen LogP contribution in [0.2, 0.25) is 0 Å². The summed E-state index contributed by atoms with van der Waals surface area (Å²) in [6, 6.07) is 12.2. The maximum absolute atomic E-state index is 14.0. The summed E-state index contributed by atoms with van der Waals surface area (Å²) in [5, 5.41) is 3.03. The van der Waals surface area contributed by atoms with E-state index in [1.165, 1.54) is 6.07 Å². The first-order chi connectivity index (χ1) is 9.13. The third-order valence-electron chi connectivity index (χ3n) is 2.94. The van der Waals surface area contributed by atoms with Crippen LogP contribution in [0, 0.1) is 5.82 Å². The normalized spacial score (nSPS) is 12.2. The molecule has 0 aromatic heterocycles. The molecule has 0 spiro atoms. The number of rotatable bonds is 4. The van der Waals surface area contributed by atoms with Crippen LogP contribution in [-0.2, 0) is 0 Å². The first-order valence-corrected chi connectivity index (χ1v) is 6.81. The molecule has 0 saturated heterocycles. The fourth-order valence-corrected chi connectivity index (χ4v) is 2.18. The summed E-state index contributed by atoms with van der Waals surface area (Å²) >= 11 is 3.42. The highest BCUT2D eigenvalue weighted by Crippen LogP contribution is 2.34. The Bertz CT molecular complexity index is 574. The lowest BCUT2D eigenvalue weighted by molar-refractivity contribution is 0.450. The van der Waals surface area contributed by atoms with Gasteiger partial charge in [0.25, 0.3) is 0 Å². The van der Waals surface area contributed by atoms with Crippen molar-refractivity contribution in [2.75, 3.05) is 7.05 Å². The number of para-hydroxylation sites is 1. The Morgan fingerprint density at radius 2 is 1.79 bits per heavy atom. The lowest BCUT2D eigenvalue weighted by Crippen LogP contribution is -2.14. The van der Waals surface area contributed by atoms with Gasteiger partial charge in [0.05, 0.1) is 4.47 Å². The predicted molar refractivity (Wildman–Crippen MR) is 78.1 cm³/mol. The van der Waals surface area contributed by atoms with Crippen molar-refractivity contribution in [3.63, 3.8) is 0 Å². The second kappa shape index (κ2) is 6.17. The van der Waals surface area contributed by atoms with Crippen LogP contribution in [0.1, 0.15) is 18.5 Å². The van der Waals surface area contributed by atoms with Crippen molar-refractivity contribution in [1.29, 1.82) is 0 Å². The molecular formula is C15H15BrFNO. The second-order valence-electron chi connectivity index (χ2n) is 4.19. The molecule has 0 aliphatic heterocycles. The van der Waals surface area contributed by atoms with Gasteiger partial charge in [0, 0.05) is 11.6 Å². The van der Waals surface area contributed by atoms with Gasteiger partial charge in [-0.3, -0.25) is 0 Å². The smallest absolute Gasteiger partial charge is 0.141 e. The van der Waals surface area contributed by atoms with E-state index in [4.69, 9.17) is 4.74 Å². The molecule has 2 aromatic carbocycles. The molecule has 1 unspecified atom stereocenters. The number of hydrogen-bond donors (Lipinski definition) is 1. The molecular weight excluding hydrogens is 309 g/mol. The quantitative estimate of drug-likeness (QED) is 0.883. The standard InChI is InChI=1S/C15H15BrFNO/c1-10(18-2)15-12(17)7-5-9-14(15)19-13-8-4-3-6-11(13)16/h3-10,18H,1-2H3. The van der Waals surface area contributed by atoms with Crippen LogP contribution in [0.15, 0.2) is 46.9 Å². The lowest BCUT2D eigenvalue weighted by atomic mass is 10.1.